The van der Waals surface area contributed by atoms with E-state index in [1.165, 1.54) is 42.2 Å². The lowest BCUT2D eigenvalue weighted by Crippen LogP contribution is -2.46. The second-order valence-corrected chi connectivity index (χ2v) is 26.4. The zero-order valence-corrected chi connectivity index (χ0v) is 45.8. The highest BCUT2D eigenvalue weighted by Crippen LogP contribution is 2.68. The van der Waals surface area contributed by atoms with E-state index in [4.69, 9.17) is 44.0 Å². The van der Waals surface area contributed by atoms with E-state index in [9.17, 15) is 76.0 Å². The number of hydrogen-bond donors (Lipinski definition) is 11. The minimum absolute atomic E-state index is 0.00102. The van der Waals surface area contributed by atoms with Crippen LogP contribution in [0.1, 0.15) is 18.7 Å². The predicted octanol–water partition coefficient (Wildman–Crippen LogP) is -4.21. The highest BCUT2D eigenvalue weighted by molar-refractivity contribution is 7.89. The third-order valence-electron chi connectivity index (χ3n) is 12.9. The Morgan fingerprint density at radius 1 is 0.815 bits per heavy atom. The molecule has 43 heteroatoms. The number of anilines is 2. The molecule has 81 heavy (non-hydrogen) atoms. The van der Waals surface area contributed by atoms with Crippen molar-refractivity contribution in [1.29, 1.82) is 0 Å². The van der Waals surface area contributed by atoms with Crippen molar-refractivity contribution in [2.75, 3.05) is 44.9 Å². The minimum atomic E-state index is -6.32. The van der Waals surface area contributed by atoms with E-state index >= 15 is 0 Å². The van der Waals surface area contributed by atoms with Crippen LogP contribution in [-0.2, 0) is 76.5 Å². The van der Waals surface area contributed by atoms with Gasteiger partial charge in [-0.1, -0.05) is 23.2 Å². The van der Waals surface area contributed by atoms with Gasteiger partial charge < -0.3 is 74.4 Å². The molecule has 0 amide bonds. The molecule has 3 aliphatic rings. The van der Waals surface area contributed by atoms with Gasteiger partial charge in [0.15, 0.2) is 30.2 Å². The van der Waals surface area contributed by atoms with Crippen LogP contribution in [0, 0.1) is 5.92 Å². The zero-order valence-electron chi connectivity index (χ0n) is 41.4. The van der Waals surface area contributed by atoms with Gasteiger partial charge in [0.1, 0.15) is 50.0 Å². The molecule has 1 aromatic carbocycles. The number of aliphatic hydroxyl groups is 3. The lowest BCUT2D eigenvalue weighted by molar-refractivity contribution is -0.745. The van der Waals surface area contributed by atoms with Crippen LogP contribution in [0.4, 0.5) is 11.8 Å². The Kier molecular flexibility index (Phi) is 17.1. The first kappa shape index (κ1) is 60.2. The molecule has 442 valence electrons. The topological polar surface area (TPSA) is 547 Å². The number of fused-ring (bicyclic) bond motifs is 2. The van der Waals surface area contributed by atoms with E-state index in [0.717, 1.165) is 41.2 Å². The maximum Gasteiger partial charge on any atom is 0.490 e. The van der Waals surface area contributed by atoms with Gasteiger partial charge in [0.2, 0.25) is 21.8 Å². The number of aliphatic hydroxyl groups excluding tert-OH is 3. The molecule has 3 aliphatic heterocycles. The van der Waals surface area contributed by atoms with Crippen LogP contribution >= 0.6 is 31.1 Å². The molecular weight excluding hydrogens is 1190 g/mol. The van der Waals surface area contributed by atoms with E-state index in [-0.39, 0.29) is 39.0 Å². The number of phosphoric ester groups is 2. The second kappa shape index (κ2) is 23.0. The lowest BCUT2D eigenvalue weighted by atomic mass is 9.98. The smallest absolute Gasteiger partial charge is 0.490 e. The molecule has 38 nitrogen and oxygen atoms in total. The summed E-state index contributed by atoms with van der Waals surface area (Å²) in [5.74, 6) is -1.88. The molecule has 0 spiro atoms. The molecule has 0 aliphatic carbocycles. The number of phosphoric acid groups is 3. The number of hydrogen-bond acceptors (Lipinski definition) is 28. The van der Waals surface area contributed by atoms with Crippen molar-refractivity contribution < 1.29 is 107 Å². The number of sulfonamides is 1. The van der Waals surface area contributed by atoms with Gasteiger partial charge in [0.05, 0.1) is 56.0 Å². The Bertz CT molecular complexity index is 3830. The standard InChI is InChI=1S/C38H49N13O25P4S/c1-48-16-51(32-24(48)33(56)47-37(40)46-32)34-25(53)18(10-44-81(66,67)17-6-4-3-5-7-17)19(72-34)11-70-78(60,61)75-80(64,65)76-79(62,63)71-13-21-29(28(68-2)36(74-21)50-15-43-23-30(39)41-14-42-31(23)50)77(58,59)69-12-20-26(54)27(55)35(73-20)49-9-8-22(52)45-38(49)57/h3-9,14-16,18-21,25-29,34-36,44,53-55H,10-13H2,1-2H3,(H9-,39,40,41,42,45,46,47,52,56,57,58,59,60,61,62,63,64,65)/t18-,19-,20-,21-,25-,26-,27-,28-,29-,34-,35-,36-/m1/s1. The summed E-state index contributed by atoms with van der Waals surface area (Å²) in [5.41, 5.74) is 6.76. The van der Waals surface area contributed by atoms with Crippen LogP contribution in [0.3, 0.4) is 0 Å². The number of methoxy groups -OCH3 is 1. The first-order valence-electron chi connectivity index (χ1n) is 23.2. The minimum Gasteiger partial charge on any atom is -0.778 e. The van der Waals surface area contributed by atoms with Gasteiger partial charge in [-0.15, -0.1) is 0 Å². The van der Waals surface area contributed by atoms with Crippen LogP contribution in [0.5, 0.6) is 0 Å². The Morgan fingerprint density at radius 2 is 1.47 bits per heavy atom. The molecule has 3 fully saturated rings. The van der Waals surface area contributed by atoms with E-state index in [1.54, 1.807) is 6.07 Å². The number of benzene rings is 1. The number of nitrogens with zero attached hydrogens (tertiary/aromatic N) is 8. The van der Waals surface area contributed by atoms with Gasteiger partial charge in [0.25, 0.3) is 17.1 Å². The number of aromatic nitrogens is 10. The lowest BCUT2D eigenvalue weighted by Gasteiger charge is -2.35. The molecule has 6 aromatic rings. The predicted molar refractivity (Wildman–Crippen MR) is 264 cm³/mol. The van der Waals surface area contributed by atoms with Crippen LogP contribution < -0.4 is 42.5 Å². The molecule has 8 heterocycles. The number of imidazole rings is 2. The van der Waals surface area contributed by atoms with Crippen LogP contribution in [0.15, 0.2) is 80.9 Å². The van der Waals surface area contributed by atoms with Crippen molar-refractivity contribution in [3.63, 3.8) is 0 Å². The van der Waals surface area contributed by atoms with Crippen molar-refractivity contribution in [3.05, 3.63) is 92.8 Å². The van der Waals surface area contributed by atoms with Crippen molar-refractivity contribution in [3.8, 4) is 0 Å². The van der Waals surface area contributed by atoms with E-state index in [0.29, 0.717) is 4.57 Å². The molecule has 0 radical (unpaired) electrons. The number of nitrogens with two attached hydrogens (primary N) is 2. The second-order valence-electron chi connectivity index (χ2n) is 18.0. The molecule has 13 N–H and O–H groups in total. The first-order chi connectivity index (χ1) is 38.0. The molecule has 4 unspecified atom stereocenters. The number of ether oxygens (including phenoxy) is 4. The third-order valence-corrected chi connectivity index (χ3v) is 20.4. The average Bonchev–Trinajstić information content (AvgIpc) is 4.36. The Hall–Kier alpha value is -5.41. The van der Waals surface area contributed by atoms with Crippen molar-refractivity contribution in [2.45, 2.75) is 72.0 Å². The van der Waals surface area contributed by atoms with Crippen molar-refractivity contribution >= 4 is 75.2 Å². The van der Waals surface area contributed by atoms with Crippen molar-refractivity contribution in [1.82, 2.24) is 48.3 Å². The number of aryl methyl sites for hydroxylation is 1. The SMILES string of the molecule is CO[C@@H]1[C@H](P(=O)([O-])OC[C@H]2O[C@@H](n3ccc(=O)[nH]c3=O)[C@H](O)[C@@H]2O)[C@@H](COP(=O)(O)OP(=O)(O)OP(=O)(O)OC[C@H]2O[C@@H]([n+]3cn(C)c4c(=O)[nH]c(N)nc43)[C@H](O)[C@@H]2CNS(=O)(=O)c2ccccc2)O[C@H]1n1cnc2c(N)ncnc21. The normalized spacial score (nSPS) is 29.1. The quantitative estimate of drug-likeness (QED) is 0.0227. The summed E-state index contributed by atoms with van der Waals surface area (Å²) >= 11 is 0. The zero-order chi connectivity index (χ0) is 58.7. The van der Waals surface area contributed by atoms with E-state index in [2.05, 4.69) is 38.3 Å². The number of aromatic amines is 2. The number of rotatable bonds is 22. The van der Waals surface area contributed by atoms with Crippen LogP contribution in [0.25, 0.3) is 22.3 Å². The van der Waals surface area contributed by atoms with Gasteiger partial charge in [-0.2, -0.15) is 8.62 Å². The number of nitrogen functional groups attached to an aromatic ring is 2. The molecular formula is C38H49N13O25P4S. The fourth-order valence-electron chi connectivity index (χ4n) is 9.20. The Morgan fingerprint density at radius 3 is 2.14 bits per heavy atom. The van der Waals surface area contributed by atoms with Crippen LogP contribution in [-0.4, -0.2) is 164 Å². The van der Waals surface area contributed by atoms with E-state index in [1.807, 2.05) is 4.98 Å². The molecule has 0 saturated carbocycles. The van der Waals surface area contributed by atoms with Gasteiger partial charge in [-0.05, 0) is 12.1 Å². The van der Waals surface area contributed by atoms with E-state index < -0.39 is 157 Å². The third kappa shape index (κ3) is 12.6. The van der Waals surface area contributed by atoms with Gasteiger partial charge in [-0.25, -0.2) is 51.1 Å². The summed E-state index contributed by atoms with van der Waals surface area (Å²) in [6.45, 7) is -4.29. The maximum absolute atomic E-state index is 14.3. The molecule has 9 rings (SSSR count). The summed E-state index contributed by atoms with van der Waals surface area (Å²) in [6.07, 6.45) is -13.1. The molecule has 5 aromatic heterocycles. The maximum atomic E-state index is 14.3. The highest BCUT2D eigenvalue weighted by atomic mass is 32.2. The molecule has 16 atom stereocenters. The Labute approximate surface area is 452 Å². The molecule has 3 saturated heterocycles. The van der Waals surface area contributed by atoms with Crippen LogP contribution in [0.2, 0.25) is 0 Å². The summed E-state index contributed by atoms with van der Waals surface area (Å²) in [6, 6.07) is 7.85. The fraction of sp³-hybridized carbons (Fsp3) is 0.474. The largest absolute Gasteiger partial charge is 0.778 e. The Balaban J connectivity index is 0.900. The monoisotopic (exact) mass is 1240 g/mol. The van der Waals surface area contributed by atoms with Crippen molar-refractivity contribution in [2.24, 2.45) is 13.0 Å². The highest BCUT2D eigenvalue weighted by Gasteiger charge is 2.55. The summed E-state index contributed by atoms with van der Waals surface area (Å²) < 4.78 is 134. The average molecular weight is 1240 g/mol. The van der Waals surface area contributed by atoms with Gasteiger partial charge >= 0.3 is 34.8 Å². The van der Waals surface area contributed by atoms with Gasteiger partial charge in [-0.3, -0.25) is 42.3 Å². The number of nitrogens with one attached hydrogen (secondary N) is 3. The summed E-state index contributed by atoms with van der Waals surface area (Å²) in [5, 5.41) is 33.1. The molecule has 0 bridgehead atoms. The van der Waals surface area contributed by atoms with Gasteiger partial charge in [0, 0.05) is 31.8 Å². The summed E-state index contributed by atoms with van der Waals surface area (Å²) in [7, 11) is -25.8. The fourth-order valence-corrected chi connectivity index (χ4v) is 15.5. The number of H-pyrrole nitrogens is 2. The first-order valence-corrected chi connectivity index (χ1v) is 30.8. The summed E-state index contributed by atoms with van der Waals surface area (Å²) in [4.78, 5) is 103.